The Morgan fingerprint density at radius 2 is 2.12 bits per heavy atom. The highest BCUT2D eigenvalue weighted by molar-refractivity contribution is 6.11. The van der Waals surface area contributed by atoms with Gasteiger partial charge < -0.3 is 15.2 Å². The van der Waals surface area contributed by atoms with E-state index < -0.39 is 11.7 Å². The first-order valence-electron chi connectivity index (χ1n) is 7.84. The van der Waals surface area contributed by atoms with Crippen LogP contribution in [0.4, 0.5) is 10.1 Å². The summed E-state index contributed by atoms with van der Waals surface area (Å²) in [5.74, 6) is -0.425. The second kappa shape index (κ2) is 7.27. The van der Waals surface area contributed by atoms with Gasteiger partial charge in [-0.05, 0) is 43.3 Å². The Labute approximate surface area is 144 Å². The van der Waals surface area contributed by atoms with Crippen molar-refractivity contribution >= 4 is 22.5 Å². The Kier molecular flexibility index (Phi) is 4.90. The number of hydrogen-bond donors (Lipinski definition) is 2. The molecule has 3 aromatic rings. The maximum atomic E-state index is 13.8. The average molecular weight is 340 g/mol. The molecule has 1 amide bonds. The molecule has 0 aliphatic rings. The third-order valence-corrected chi connectivity index (χ3v) is 3.70. The summed E-state index contributed by atoms with van der Waals surface area (Å²) in [4.78, 5) is 16.7. The van der Waals surface area contributed by atoms with Gasteiger partial charge in [0, 0.05) is 22.8 Å². The number of aromatic nitrogens is 1. The smallest absolute Gasteiger partial charge is 0.257 e. The highest BCUT2D eigenvalue weighted by atomic mass is 19.1. The summed E-state index contributed by atoms with van der Waals surface area (Å²) in [5, 5.41) is 12.7. The van der Waals surface area contributed by atoms with Crippen LogP contribution >= 0.6 is 0 Å². The van der Waals surface area contributed by atoms with Crippen molar-refractivity contribution in [2.24, 2.45) is 0 Å². The highest BCUT2D eigenvalue weighted by Gasteiger charge is 2.14. The summed E-state index contributed by atoms with van der Waals surface area (Å²) in [6.07, 6.45) is 1.55. The van der Waals surface area contributed by atoms with Gasteiger partial charge in [-0.2, -0.15) is 0 Å². The molecular weight excluding hydrogens is 323 g/mol. The van der Waals surface area contributed by atoms with Crippen molar-refractivity contribution in [3.8, 4) is 5.75 Å². The number of amides is 1. The minimum Gasteiger partial charge on any atom is -0.494 e. The molecule has 0 aliphatic heterocycles. The van der Waals surface area contributed by atoms with Crippen LogP contribution in [0, 0.1) is 5.82 Å². The summed E-state index contributed by atoms with van der Waals surface area (Å²) in [6.45, 7) is 2.10. The third-order valence-electron chi connectivity index (χ3n) is 3.70. The number of aliphatic hydroxyl groups is 1. The molecule has 0 atom stereocenters. The maximum absolute atomic E-state index is 13.8. The van der Waals surface area contributed by atoms with Crippen molar-refractivity contribution in [3.05, 3.63) is 65.6 Å². The quantitative estimate of drug-likeness (QED) is 0.745. The van der Waals surface area contributed by atoms with Crippen LogP contribution in [-0.2, 0) is 6.61 Å². The Hall–Kier alpha value is -2.99. The van der Waals surface area contributed by atoms with Crippen LogP contribution in [0.5, 0.6) is 5.75 Å². The van der Waals surface area contributed by atoms with Gasteiger partial charge in [-0.15, -0.1) is 0 Å². The molecule has 0 saturated carbocycles. The number of nitrogens with zero attached hydrogens (tertiary/aromatic N) is 1. The predicted octanol–water partition coefficient (Wildman–Crippen LogP) is 3.52. The average Bonchev–Trinajstić information content (AvgIpc) is 2.62. The van der Waals surface area contributed by atoms with E-state index in [-0.39, 0.29) is 12.2 Å². The summed E-state index contributed by atoms with van der Waals surface area (Å²) in [7, 11) is 0. The zero-order chi connectivity index (χ0) is 17.8. The van der Waals surface area contributed by atoms with Crippen molar-refractivity contribution in [1.82, 2.24) is 4.98 Å². The Balaban J connectivity index is 1.93. The molecule has 2 aromatic carbocycles. The molecule has 0 radical (unpaired) electrons. The zero-order valence-electron chi connectivity index (χ0n) is 13.6. The van der Waals surface area contributed by atoms with E-state index in [4.69, 9.17) is 4.74 Å². The van der Waals surface area contributed by atoms with Crippen LogP contribution in [0.15, 0.2) is 48.7 Å². The van der Waals surface area contributed by atoms with Gasteiger partial charge in [0.25, 0.3) is 5.91 Å². The highest BCUT2D eigenvalue weighted by Crippen LogP contribution is 2.24. The van der Waals surface area contributed by atoms with E-state index in [1.807, 2.05) is 6.92 Å². The van der Waals surface area contributed by atoms with Gasteiger partial charge in [-0.25, -0.2) is 4.39 Å². The molecule has 0 unspecified atom stereocenters. The lowest BCUT2D eigenvalue weighted by molar-refractivity contribution is 0.102. The molecule has 3 rings (SSSR count). The lowest BCUT2D eigenvalue weighted by atomic mass is 10.1. The van der Waals surface area contributed by atoms with E-state index in [1.165, 1.54) is 6.07 Å². The minimum absolute atomic E-state index is 0.148. The van der Waals surface area contributed by atoms with Crippen molar-refractivity contribution in [2.45, 2.75) is 13.5 Å². The van der Waals surface area contributed by atoms with Gasteiger partial charge in [-0.3, -0.25) is 9.78 Å². The van der Waals surface area contributed by atoms with E-state index in [2.05, 4.69) is 10.3 Å². The number of anilines is 1. The van der Waals surface area contributed by atoms with Gasteiger partial charge in [0.2, 0.25) is 0 Å². The van der Waals surface area contributed by atoms with Crippen molar-refractivity contribution in [1.29, 1.82) is 0 Å². The van der Waals surface area contributed by atoms with Crippen LogP contribution in [-0.4, -0.2) is 22.6 Å². The molecule has 0 aliphatic carbocycles. The number of pyridine rings is 1. The number of benzene rings is 2. The van der Waals surface area contributed by atoms with Gasteiger partial charge in [0.05, 0.1) is 24.3 Å². The number of hydrogen-bond acceptors (Lipinski definition) is 4. The van der Waals surface area contributed by atoms with Crippen molar-refractivity contribution in [2.75, 3.05) is 11.9 Å². The first kappa shape index (κ1) is 16.9. The molecule has 1 heterocycles. The number of carbonyl (C=O) groups is 1. The van der Waals surface area contributed by atoms with Gasteiger partial charge >= 0.3 is 0 Å². The van der Waals surface area contributed by atoms with Crippen LogP contribution in [0.25, 0.3) is 10.9 Å². The predicted molar refractivity (Wildman–Crippen MR) is 93.2 cm³/mol. The molecule has 5 nitrogen and oxygen atoms in total. The normalized spacial score (nSPS) is 10.7. The fourth-order valence-corrected chi connectivity index (χ4v) is 2.60. The standard InChI is InChI=1S/C19H17FN2O3/c1-2-25-17-6-5-15(9-13(17)11-23)22-19(24)16-10-14(20)8-12-4-3-7-21-18(12)16/h3-10,23H,2,11H2,1H3,(H,22,24). The summed E-state index contributed by atoms with van der Waals surface area (Å²) in [6, 6.07) is 10.8. The van der Waals surface area contributed by atoms with Crippen molar-refractivity contribution in [3.63, 3.8) is 0 Å². The molecule has 6 heteroatoms. The number of nitrogens with one attached hydrogen (secondary N) is 1. The molecule has 1 aromatic heterocycles. The summed E-state index contributed by atoms with van der Waals surface area (Å²) >= 11 is 0. The monoisotopic (exact) mass is 340 g/mol. The van der Waals surface area contributed by atoms with E-state index in [0.29, 0.717) is 34.5 Å². The van der Waals surface area contributed by atoms with E-state index >= 15 is 0 Å². The van der Waals surface area contributed by atoms with E-state index in [9.17, 15) is 14.3 Å². The molecule has 2 N–H and O–H groups in total. The van der Waals surface area contributed by atoms with Gasteiger partial charge in [0.1, 0.15) is 11.6 Å². The first-order chi connectivity index (χ1) is 12.1. The Morgan fingerprint density at radius 1 is 1.28 bits per heavy atom. The maximum Gasteiger partial charge on any atom is 0.257 e. The minimum atomic E-state index is -0.506. The molecule has 128 valence electrons. The molecule has 25 heavy (non-hydrogen) atoms. The number of fused-ring (bicyclic) bond motifs is 1. The van der Waals surface area contributed by atoms with E-state index in [0.717, 1.165) is 6.07 Å². The first-order valence-corrected chi connectivity index (χ1v) is 7.84. The summed E-state index contributed by atoms with van der Waals surface area (Å²) < 4.78 is 19.2. The molecule has 0 saturated heterocycles. The number of carbonyl (C=O) groups excluding carboxylic acids is 1. The number of rotatable bonds is 5. The number of ether oxygens (including phenoxy) is 1. The lowest BCUT2D eigenvalue weighted by Gasteiger charge is -2.12. The third kappa shape index (κ3) is 3.59. The van der Waals surface area contributed by atoms with E-state index in [1.54, 1.807) is 36.5 Å². The van der Waals surface area contributed by atoms with Gasteiger partial charge in [-0.1, -0.05) is 6.07 Å². The fraction of sp³-hybridized carbons (Fsp3) is 0.158. The molecule has 0 bridgehead atoms. The molecular formula is C19H17FN2O3. The Bertz CT molecular complexity index is 928. The largest absolute Gasteiger partial charge is 0.494 e. The second-order valence-electron chi connectivity index (χ2n) is 5.40. The van der Waals surface area contributed by atoms with Crippen LogP contribution in [0.2, 0.25) is 0 Å². The van der Waals surface area contributed by atoms with Gasteiger partial charge in [0.15, 0.2) is 0 Å². The zero-order valence-corrected chi connectivity index (χ0v) is 13.6. The van der Waals surface area contributed by atoms with Crippen LogP contribution < -0.4 is 10.1 Å². The second-order valence-corrected chi connectivity index (χ2v) is 5.40. The van der Waals surface area contributed by atoms with Crippen LogP contribution in [0.1, 0.15) is 22.8 Å². The number of halogens is 1. The SMILES string of the molecule is CCOc1ccc(NC(=O)c2cc(F)cc3cccnc23)cc1CO. The van der Waals surface area contributed by atoms with Crippen molar-refractivity contribution < 1.29 is 19.0 Å². The number of aliphatic hydroxyl groups excluding tert-OH is 1. The fourth-order valence-electron chi connectivity index (χ4n) is 2.60. The van der Waals surface area contributed by atoms with Crippen LogP contribution in [0.3, 0.4) is 0 Å². The molecule has 0 spiro atoms. The summed E-state index contributed by atoms with van der Waals surface area (Å²) in [5.41, 5.74) is 1.61. The molecule has 0 fully saturated rings. The topological polar surface area (TPSA) is 71.5 Å². The Morgan fingerprint density at radius 3 is 2.88 bits per heavy atom. The lowest BCUT2D eigenvalue weighted by Crippen LogP contribution is -2.13.